The molecular formula is H3FeLiO4SV. The summed E-state index contributed by atoms with van der Waals surface area (Å²) in [6.07, 6.45) is 0. The van der Waals surface area contributed by atoms with Crippen molar-refractivity contribution in [2.24, 2.45) is 0 Å². The summed E-state index contributed by atoms with van der Waals surface area (Å²) >= 11 is 0. The predicted octanol–water partition coefficient (Wildman–Crippen LogP) is -3.54. The molecule has 1 radical (unpaired) electrons. The van der Waals surface area contributed by atoms with Crippen molar-refractivity contribution < 1.29 is 73.4 Å². The van der Waals surface area contributed by atoms with Crippen molar-refractivity contribution in [2.45, 2.75) is 0 Å². The summed E-state index contributed by atoms with van der Waals surface area (Å²) in [5, 5.41) is 0. The van der Waals surface area contributed by atoms with Crippen LogP contribution < -0.4 is 18.9 Å². The first kappa shape index (κ1) is 22.7. The van der Waals surface area contributed by atoms with Crippen LogP contribution in [-0.4, -0.2) is 17.5 Å². The third kappa shape index (κ3) is 132. The van der Waals surface area contributed by atoms with E-state index in [2.05, 4.69) is 0 Å². The van der Waals surface area contributed by atoms with Crippen molar-refractivity contribution in [2.75, 3.05) is 0 Å². The summed E-state index contributed by atoms with van der Waals surface area (Å²) in [5.74, 6) is 0. The molecule has 0 aromatic carbocycles. The monoisotopic (exact) mass is 213 g/mol. The molecule has 0 amide bonds. The summed E-state index contributed by atoms with van der Waals surface area (Å²) in [5.41, 5.74) is 0. The van der Waals surface area contributed by atoms with Crippen LogP contribution in [0.15, 0.2) is 0 Å². The topological polar surface area (TPSA) is 74.6 Å². The van der Waals surface area contributed by atoms with Crippen molar-refractivity contribution in [3.05, 3.63) is 0 Å². The van der Waals surface area contributed by atoms with Crippen LogP contribution in [0.3, 0.4) is 0 Å². The summed E-state index contributed by atoms with van der Waals surface area (Å²) in [4.78, 5) is 0. The SMILES string of the molecule is O=S(=O)(O)O.[Fe].[H-].[Li+].[V]. The minimum absolute atomic E-state index is 0. The Hall–Kier alpha value is 1.57. The number of rotatable bonds is 0. The predicted molar refractivity (Wildman–Crippen MR) is 15.3 cm³/mol. The first-order chi connectivity index (χ1) is 2.00. The van der Waals surface area contributed by atoms with Crippen molar-refractivity contribution in [1.29, 1.82) is 0 Å². The normalized spacial score (nSPS) is 7.25. The van der Waals surface area contributed by atoms with Crippen LogP contribution in [0, 0.1) is 0 Å². The fraction of sp³-hybridized carbons (Fsp3) is 0. The minimum atomic E-state index is -4.67. The van der Waals surface area contributed by atoms with Crippen LogP contribution in [0.5, 0.6) is 0 Å². The molecule has 8 heteroatoms. The molecule has 47 valence electrons. The van der Waals surface area contributed by atoms with E-state index in [4.69, 9.17) is 17.5 Å². The molecule has 0 aliphatic heterocycles. The van der Waals surface area contributed by atoms with Gasteiger partial charge in [0, 0.05) is 35.6 Å². The van der Waals surface area contributed by atoms with Gasteiger partial charge < -0.3 is 1.43 Å². The molecule has 0 spiro atoms. The summed E-state index contributed by atoms with van der Waals surface area (Å²) in [6, 6.07) is 0. The zero-order valence-corrected chi connectivity index (χ0v) is 7.24. The molecule has 0 rings (SSSR count). The van der Waals surface area contributed by atoms with Gasteiger partial charge in [-0.15, -0.1) is 0 Å². The molecule has 0 aliphatic rings. The van der Waals surface area contributed by atoms with Gasteiger partial charge in [0.15, 0.2) is 0 Å². The Bertz CT molecular complexity index is 104. The zero-order valence-electron chi connectivity index (χ0n) is 4.92. The molecule has 0 saturated carbocycles. The first-order valence-electron chi connectivity index (χ1n) is 0.698. The van der Waals surface area contributed by atoms with Crippen LogP contribution in [0.1, 0.15) is 1.43 Å². The Kier molecular flexibility index (Phi) is 24.3. The van der Waals surface area contributed by atoms with E-state index < -0.39 is 10.4 Å². The Balaban J connectivity index is -0.0000000133. The van der Waals surface area contributed by atoms with Gasteiger partial charge in [0.05, 0.1) is 0 Å². The maximum atomic E-state index is 8.74. The molecule has 0 aromatic heterocycles. The van der Waals surface area contributed by atoms with Crippen LogP contribution in [0.25, 0.3) is 0 Å². The molecule has 0 bridgehead atoms. The second kappa shape index (κ2) is 8.57. The second-order valence-electron chi connectivity index (χ2n) is 0.448. The molecule has 0 fully saturated rings. The first-order valence-corrected chi connectivity index (χ1v) is 2.10. The molecule has 4 nitrogen and oxygen atoms in total. The van der Waals surface area contributed by atoms with Crippen molar-refractivity contribution in [3.63, 3.8) is 0 Å². The van der Waals surface area contributed by atoms with Crippen molar-refractivity contribution in [3.8, 4) is 0 Å². The standard InChI is InChI=1S/Fe.Li.H2O4S.V.H/c;;1-5(2,3)4;;/h;;(H2,1,2,3,4);;/q;+1;;;-1. The van der Waals surface area contributed by atoms with Gasteiger partial charge in [-0.25, -0.2) is 0 Å². The fourth-order valence-corrected chi connectivity index (χ4v) is 0. The molecule has 0 atom stereocenters. The molecule has 0 saturated heterocycles. The van der Waals surface area contributed by atoms with Crippen molar-refractivity contribution >= 4 is 10.4 Å². The Morgan fingerprint density at radius 2 is 1.25 bits per heavy atom. The molecule has 8 heavy (non-hydrogen) atoms. The van der Waals surface area contributed by atoms with Crippen LogP contribution >= 0.6 is 0 Å². The molecular weight excluding hydrogens is 210 g/mol. The average molecular weight is 213 g/mol. The van der Waals surface area contributed by atoms with Crippen LogP contribution in [0.2, 0.25) is 0 Å². The van der Waals surface area contributed by atoms with Gasteiger partial charge in [0.1, 0.15) is 0 Å². The van der Waals surface area contributed by atoms with Gasteiger partial charge in [-0.2, -0.15) is 8.42 Å². The van der Waals surface area contributed by atoms with E-state index in [-0.39, 0.29) is 55.9 Å². The maximum Gasteiger partial charge on any atom is 1.00 e. The van der Waals surface area contributed by atoms with Crippen LogP contribution in [0.4, 0.5) is 0 Å². The Morgan fingerprint density at radius 1 is 1.25 bits per heavy atom. The fourth-order valence-electron chi connectivity index (χ4n) is 0. The van der Waals surface area contributed by atoms with Gasteiger partial charge in [-0.1, -0.05) is 0 Å². The average Bonchev–Trinajstić information content (AvgIpc) is 0.722. The third-order valence-electron chi connectivity index (χ3n) is 0. The molecule has 2 N–H and O–H groups in total. The molecule has 0 aliphatic carbocycles. The second-order valence-corrected chi connectivity index (χ2v) is 1.34. The smallest absolute Gasteiger partial charge is 1.00 e. The largest absolute Gasteiger partial charge is 1.00 e. The van der Waals surface area contributed by atoms with Gasteiger partial charge in [-0.05, 0) is 0 Å². The van der Waals surface area contributed by atoms with E-state index in [1.807, 2.05) is 0 Å². The van der Waals surface area contributed by atoms with E-state index >= 15 is 0 Å². The number of hydrogen-bond donors (Lipinski definition) is 2. The molecule has 0 unspecified atom stereocenters. The van der Waals surface area contributed by atoms with E-state index in [0.717, 1.165) is 0 Å². The minimum Gasteiger partial charge on any atom is -1.00 e. The summed E-state index contributed by atoms with van der Waals surface area (Å²) < 4.78 is 31.6. The van der Waals surface area contributed by atoms with E-state index in [0.29, 0.717) is 0 Å². The van der Waals surface area contributed by atoms with E-state index in [9.17, 15) is 0 Å². The van der Waals surface area contributed by atoms with Gasteiger partial charge >= 0.3 is 29.3 Å². The van der Waals surface area contributed by atoms with Crippen LogP contribution in [-0.2, 0) is 46.0 Å². The Labute approximate surface area is 83.4 Å². The Morgan fingerprint density at radius 3 is 1.25 bits per heavy atom. The summed E-state index contributed by atoms with van der Waals surface area (Å²) in [7, 11) is -4.67. The number of hydrogen-bond acceptors (Lipinski definition) is 2. The van der Waals surface area contributed by atoms with Crippen molar-refractivity contribution in [1.82, 2.24) is 0 Å². The maximum absolute atomic E-state index is 8.74. The molecule has 0 heterocycles. The van der Waals surface area contributed by atoms with Gasteiger partial charge in [0.25, 0.3) is 0 Å². The quantitative estimate of drug-likeness (QED) is 0.322. The van der Waals surface area contributed by atoms with E-state index in [1.54, 1.807) is 0 Å². The van der Waals surface area contributed by atoms with Gasteiger partial charge in [0.2, 0.25) is 0 Å². The van der Waals surface area contributed by atoms with Gasteiger partial charge in [-0.3, -0.25) is 9.11 Å². The summed E-state index contributed by atoms with van der Waals surface area (Å²) in [6.45, 7) is 0. The molecule has 0 aromatic rings. The van der Waals surface area contributed by atoms with E-state index in [1.165, 1.54) is 0 Å². The zero-order chi connectivity index (χ0) is 4.50. The third-order valence-corrected chi connectivity index (χ3v) is 0.